The van der Waals surface area contributed by atoms with Gasteiger partial charge >= 0.3 is 8.60 Å². The molecule has 1 aliphatic carbocycles. The number of ether oxygens (including phenoxy) is 2. The fraction of sp³-hybridized carbons (Fsp3) is 0.529. The van der Waals surface area contributed by atoms with Crippen LogP contribution >= 0.6 is 8.60 Å². The molecule has 0 spiro atoms. The van der Waals surface area contributed by atoms with Gasteiger partial charge in [-0.3, -0.25) is 4.90 Å². The van der Waals surface area contributed by atoms with Crippen LogP contribution in [0.2, 0.25) is 0 Å². The van der Waals surface area contributed by atoms with Crippen LogP contribution in [0.25, 0.3) is 0 Å². The Kier molecular flexibility index (Phi) is 5.02. The number of hydrogen-bond donors (Lipinski definition) is 2. The molecule has 1 fully saturated rings. The van der Waals surface area contributed by atoms with Gasteiger partial charge < -0.3 is 23.8 Å². The van der Waals surface area contributed by atoms with Crippen LogP contribution in [0.4, 0.5) is 0 Å². The minimum absolute atomic E-state index is 0.0190. The van der Waals surface area contributed by atoms with Crippen LogP contribution in [0.5, 0.6) is 11.5 Å². The molecule has 6 nitrogen and oxygen atoms in total. The van der Waals surface area contributed by atoms with E-state index in [0.29, 0.717) is 12.2 Å². The van der Waals surface area contributed by atoms with Crippen LogP contribution in [-0.4, -0.2) is 48.5 Å². The van der Waals surface area contributed by atoms with E-state index in [9.17, 15) is 0 Å². The van der Waals surface area contributed by atoms with E-state index in [1.807, 2.05) is 12.1 Å². The largest absolute Gasteiger partial charge is 0.493 e. The molecule has 2 N–H and O–H groups in total. The molecule has 1 heterocycles. The van der Waals surface area contributed by atoms with Gasteiger partial charge in [0, 0.05) is 17.9 Å². The summed E-state index contributed by atoms with van der Waals surface area (Å²) in [4.78, 5) is 20.6. The smallest absolute Gasteiger partial charge is 0.391 e. The molecule has 1 unspecified atom stereocenters. The van der Waals surface area contributed by atoms with Crippen molar-refractivity contribution in [3.05, 3.63) is 35.6 Å². The van der Waals surface area contributed by atoms with Crippen molar-refractivity contribution in [2.75, 3.05) is 27.8 Å². The lowest BCUT2D eigenvalue weighted by molar-refractivity contribution is 0.230. The minimum Gasteiger partial charge on any atom is -0.493 e. The van der Waals surface area contributed by atoms with Gasteiger partial charge in [0.25, 0.3) is 0 Å². The van der Waals surface area contributed by atoms with Crippen LogP contribution in [0.3, 0.4) is 0 Å². The molecule has 0 radical (unpaired) electrons. The molecule has 1 saturated heterocycles. The Hall–Kier alpha value is -1.33. The van der Waals surface area contributed by atoms with Gasteiger partial charge in [0.05, 0.1) is 14.2 Å². The highest BCUT2D eigenvalue weighted by Crippen LogP contribution is 2.50. The third-order valence-electron chi connectivity index (χ3n) is 5.27. The fourth-order valence-electron chi connectivity index (χ4n) is 4.04. The van der Waals surface area contributed by atoms with Crippen molar-refractivity contribution in [1.82, 2.24) is 4.90 Å². The van der Waals surface area contributed by atoms with Gasteiger partial charge in [0.15, 0.2) is 11.5 Å². The number of nitrogens with zero attached hydrogens (tertiary/aromatic N) is 1. The number of hydrogen-bond acceptors (Lipinski definition) is 6. The molecule has 2 aliphatic rings. The Morgan fingerprint density at radius 3 is 2.58 bits per heavy atom. The van der Waals surface area contributed by atoms with Crippen LogP contribution < -0.4 is 9.47 Å². The average Bonchev–Trinajstić information content (AvgIpc) is 2.91. The summed E-state index contributed by atoms with van der Waals surface area (Å²) in [5.74, 6) is 2.13. The maximum Gasteiger partial charge on any atom is 0.391 e. The van der Waals surface area contributed by atoms with Gasteiger partial charge in [-0.2, -0.15) is 0 Å². The summed E-state index contributed by atoms with van der Waals surface area (Å²) in [6.07, 6.45) is 4.67. The fourth-order valence-corrected chi connectivity index (χ4v) is 4.40. The summed E-state index contributed by atoms with van der Waals surface area (Å²) in [5, 5.41) is 0. The Balaban J connectivity index is 1.98. The number of allylic oxidation sites excluding steroid dienone is 1. The Morgan fingerprint density at radius 1 is 1.17 bits per heavy atom. The monoisotopic (exact) mass is 353 g/mol. The molecule has 0 amide bonds. The van der Waals surface area contributed by atoms with Gasteiger partial charge in [-0.05, 0) is 50.2 Å². The van der Waals surface area contributed by atoms with Gasteiger partial charge in [-0.15, -0.1) is 0 Å². The number of likely N-dealkylation sites (tertiary alicyclic amines) is 1. The van der Waals surface area contributed by atoms with Gasteiger partial charge in [-0.1, -0.05) is 6.07 Å². The van der Waals surface area contributed by atoms with E-state index >= 15 is 0 Å². The van der Waals surface area contributed by atoms with Crippen molar-refractivity contribution < 1.29 is 23.8 Å². The molecule has 2 atom stereocenters. The number of fused-ring (bicyclic) bond motifs is 1. The average molecular weight is 353 g/mol. The van der Waals surface area contributed by atoms with Crippen molar-refractivity contribution in [3.63, 3.8) is 0 Å². The predicted molar refractivity (Wildman–Crippen MR) is 92.0 cm³/mol. The second-order valence-electron chi connectivity index (χ2n) is 6.38. The molecule has 0 saturated carbocycles. The van der Waals surface area contributed by atoms with E-state index in [4.69, 9.17) is 23.8 Å². The first-order chi connectivity index (χ1) is 11.5. The second-order valence-corrected chi connectivity index (χ2v) is 7.07. The standard InChI is InChI=1S/C17H24NO5P/c1-18-9-8-17(7-6-13(11-16(17)18)23-24(19)20)12-4-5-14(21-2)15(10-12)22-3/h4-5,10-11,16,19-20H,6-9H2,1-3H3/t16?,17-/m0/s1. The molecule has 0 bridgehead atoms. The van der Waals surface area contributed by atoms with E-state index in [-0.39, 0.29) is 11.5 Å². The van der Waals surface area contributed by atoms with Gasteiger partial charge in [0.1, 0.15) is 5.76 Å². The normalized spacial score (nSPS) is 26.9. The summed E-state index contributed by atoms with van der Waals surface area (Å²) >= 11 is 0. The van der Waals surface area contributed by atoms with E-state index in [1.54, 1.807) is 14.2 Å². The highest BCUT2D eigenvalue weighted by atomic mass is 31.2. The lowest BCUT2D eigenvalue weighted by atomic mass is 9.68. The zero-order valence-electron chi connectivity index (χ0n) is 14.2. The molecular weight excluding hydrogens is 329 g/mol. The highest BCUT2D eigenvalue weighted by Gasteiger charge is 2.48. The lowest BCUT2D eigenvalue weighted by Gasteiger charge is -2.40. The molecule has 3 rings (SSSR count). The second kappa shape index (κ2) is 6.89. The molecule has 7 heteroatoms. The first-order valence-electron chi connectivity index (χ1n) is 7.99. The molecule has 24 heavy (non-hydrogen) atoms. The van der Waals surface area contributed by atoms with E-state index in [0.717, 1.165) is 30.9 Å². The van der Waals surface area contributed by atoms with E-state index < -0.39 is 8.60 Å². The van der Waals surface area contributed by atoms with Crippen molar-refractivity contribution in [1.29, 1.82) is 0 Å². The summed E-state index contributed by atoms with van der Waals surface area (Å²) in [6, 6.07) is 6.29. The maximum absolute atomic E-state index is 9.13. The molecule has 0 aromatic heterocycles. The summed E-state index contributed by atoms with van der Waals surface area (Å²) in [6.45, 7) is 0.982. The van der Waals surface area contributed by atoms with Crippen molar-refractivity contribution in [2.45, 2.75) is 30.7 Å². The van der Waals surface area contributed by atoms with E-state index in [1.165, 1.54) is 5.56 Å². The Bertz CT molecular complexity index is 635. The Labute approximate surface area is 143 Å². The zero-order valence-corrected chi connectivity index (χ0v) is 15.1. The quantitative estimate of drug-likeness (QED) is 0.793. The Morgan fingerprint density at radius 2 is 1.92 bits per heavy atom. The number of rotatable bonds is 5. The number of benzene rings is 1. The zero-order chi connectivity index (χ0) is 17.3. The van der Waals surface area contributed by atoms with E-state index in [2.05, 4.69) is 24.1 Å². The third kappa shape index (κ3) is 3.00. The molecule has 1 aliphatic heterocycles. The highest BCUT2D eigenvalue weighted by molar-refractivity contribution is 7.39. The van der Waals surface area contributed by atoms with Crippen molar-refractivity contribution in [3.8, 4) is 11.5 Å². The first-order valence-corrected chi connectivity index (χ1v) is 9.16. The van der Waals surface area contributed by atoms with Crippen molar-refractivity contribution >= 4 is 8.60 Å². The van der Waals surface area contributed by atoms with Gasteiger partial charge in [0.2, 0.25) is 0 Å². The lowest BCUT2D eigenvalue weighted by Crippen LogP contribution is -2.42. The minimum atomic E-state index is -2.36. The summed E-state index contributed by atoms with van der Waals surface area (Å²) < 4.78 is 16.0. The van der Waals surface area contributed by atoms with Crippen LogP contribution in [0.15, 0.2) is 30.0 Å². The van der Waals surface area contributed by atoms with Crippen molar-refractivity contribution in [2.24, 2.45) is 0 Å². The first kappa shape index (κ1) is 17.5. The summed E-state index contributed by atoms with van der Waals surface area (Å²) in [7, 11) is 3.01. The maximum atomic E-state index is 9.13. The topological polar surface area (TPSA) is 71.4 Å². The van der Waals surface area contributed by atoms with Gasteiger partial charge in [-0.25, -0.2) is 0 Å². The third-order valence-corrected chi connectivity index (χ3v) is 5.67. The predicted octanol–water partition coefficient (Wildman–Crippen LogP) is 2.55. The summed E-state index contributed by atoms with van der Waals surface area (Å²) in [5.41, 5.74) is 1.20. The van der Waals surface area contributed by atoms with Crippen LogP contribution in [0, 0.1) is 0 Å². The molecule has 1 aromatic rings. The van der Waals surface area contributed by atoms with Crippen LogP contribution in [-0.2, 0) is 9.94 Å². The molecule has 1 aromatic carbocycles. The SMILES string of the molecule is COc1ccc([C@@]23CCC(OP(O)O)=CC2N(C)CC3)cc1OC. The molecular formula is C17H24NO5P. The van der Waals surface area contributed by atoms with Crippen LogP contribution in [0.1, 0.15) is 24.8 Å². The number of likely N-dealkylation sites (N-methyl/N-ethyl adjacent to an activating group) is 1. The molecule has 132 valence electrons. The number of methoxy groups -OCH3 is 2.